The Morgan fingerprint density at radius 1 is 1.28 bits per heavy atom. The molecule has 2 rings (SSSR count). The van der Waals surface area contributed by atoms with Gasteiger partial charge in [0, 0.05) is 11.3 Å². The number of nitrogens with one attached hydrogen (secondary N) is 1. The Labute approximate surface area is 112 Å². The molecule has 1 heterocycles. The molecule has 0 amide bonds. The van der Waals surface area contributed by atoms with Crippen molar-refractivity contribution in [3.8, 4) is 17.1 Å². The fraction of sp³-hybridized carbons (Fsp3) is 0.286. The molecule has 0 aliphatic heterocycles. The molecule has 0 bridgehead atoms. The number of hydrogen-bond donors (Lipinski definition) is 1. The van der Waals surface area contributed by atoms with Crippen molar-refractivity contribution in [1.29, 1.82) is 0 Å². The number of hydrogen-bond acceptors (Lipinski definition) is 3. The highest BCUT2D eigenvalue weighted by atomic mass is 32.1. The molecule has 1 N–H and O–H groups in total. The summed E-state index contributed by atoms with van der Waals surface area (Å²) in [4.78, 5) is 7.68. The lowest BCUT2D eigenvalue weighted by molar-refractivity contribution is 0.415. The van der Waals surface area contributed by atoms with Crippen LogP contribution in [0.2, 0.25) is 0 Å². The third-order valence-electron chi connectivity index (χ3n) is 2.68. The lowest BCUT2D eigenvalue weighted by atomic mass is 10.2. The van der Waals surface area contributed by atoms with E-state index in [-0.39, 0.29) is 0 Å². The van der Waals surface area contributed by atoms with Crippen molar-refractivity contribution < 1.29 is 4.74 Å². The van der Waals surface area contributed by atoms with Crippen molar-refractivity contribution >= 4 is 12.2 Å². The number of H-pyrrole nitrogens is 1. The van der Waals surface area contributed by atoms with Gasteiger partial charge in [-0.15, -0.1) is 0 Å². The second kappa shape index (κ2) is 5.78. The summed E-state index contributed by atoms with van der Waals surface area (Å²) in [6.45, 7) is 2.14. The van der Waals surface area contributed by atoms with E-state index in [0.717, 1.165) is 35.7 Å². The van der Waals surface area contributed by atoms with Gasteiger partial charge in [-0.05, 0) is 36.8 Å². The normalized spacial score (nSPS) is 10.3. The number of nitrogens with zero attached hydrogens (tertiary/aromatic N) is 1. The Hall–Kier alpha value is -1.68. The van der Waals surface area contributed by atoms with E-state index in [2.05, 4.69) is 16.9 Å². The van der Waals surface area contributed by atoms with E-state index in [1.165, 1.54) is 0 Å². The standard InChI is InChI=1S/C14H16N2OS/c1-3-4-11-9-13(18)16-14(15-11)10-5-7-12(17-2)8-6-10/h5-9H,3-4H2,1-2H3,(H,15,16,18). The maximum Gasteiger partial charge on any atom is 0.139 e. The Morgan fingerprint density at radius 3 is 2.61 bits per heavy atom. The largest absolute Gasteiger partial charge is 0.497 e. The van der Waals surface area contributed by atoms with E-state index in [1.807, 2.05) is 30.3 Å². The van der Waals surface area contributed by atoms with Crippen molar-refractivity contribution in [2.24, 2.45) is 0 Å². The second-order valence-corrected chi connectivity index (χ2v) is 4.49. The summed E-state index contributed by atoms with van der Waals surface area (Å²) in [6, 6.07) is 9.71. The van der Waals surface area contributed by atoms with Gasteiger partial charge < -0.3 is 9.72 Å². The lowest BCUT2D eigenvalue weighted by Gasteiger charge is -2.06. The number of aromatic nitrogens is 2. The van der Waals surface area contributed by atoms with Crippen molar-refractivity contribution in [3.05, 3.63) is 40.7 Å². The molecule has 0 saturated heterocycles. The minimum absolute atomic E-state index is 0.628. The number of benzene rings is 1. The summed E-state index contributed by atoms with van der Waals surface area (Å²) in [5.74, 6) is 1.65. The molecule has 0 spiro atoms. The van der Waals surface area contributed by atoms with E-state index >= 15 is 0 Å². The number of aromatic amines is 1. The van der Waals surface area contributed by atoms with Crippen LogP contribution in [-0.4, -0.2) is 17.1 Å². The molecule has 0 unspecified atom stereocenters. The Morgan fingerprint density at radius 2 is 2.00 bits per heavy atom. The van der Waals surface area contributed by atoms with Gasteiger partial charge in [0.1, 0.15) is 16.2 Å². The van der Waals surface area contributed by atoms with Gasteiger partial charge in [0.25, 0.3) is 0 Å². The Bertz CT molecular complexity index is 575. The van der Waals surface area contributed by atoms with Crippen LogP contribution in [0.1, 0.15) is 19.0 Å². The molecule has 2 aromatic rings. The highest BCUT2D eigenvalue weighted by Crippen LogP contribution is 2.19. The third-order valence-corrected chi connectivity index (χ3v) is 2.89. The average molecular weight is 260 g/mol. The fourth-order valence-electron chi connectivity index (χ4n) is 1.80. The average Bonchev–Trinajstić information content (AvgIpc) is 2.38. The first-order valence-electron chi connectivity index (χ1n) is 5.97. The number of aryl methyl sites for hydroxylation is 1. The van der Waals surface area contributed by atoms with Crippen molar-refractivity contribution in [3.63, 3.8) is 0 Å². The number of ether oxygens (including phenoxy) is 1. The molecule has 18 heavy (non-hydrogen) atoms. The molecule has 0 radical (unpaired) electrons. The zero-order valence-electron chi connectivity index (χ0n) is 10.6. The topological polar surface area (TPSA) is 37.9 Å². The molecule has 0 saturated carbocycles. The van der Waals surface area contributed by atoms with Crippen LogP contribution in [0.5, 0.6) is 5.75 Å². The molecule has 1 aromatic heterocycles. The van der Waals surface area contributed by atoms with Gasteiger partial charge in [0.15, 0.2) is 0 Å². The maximum atomic E-state index is 5.19. The van der Waals surface area contributed by atoms with Gasteiger partial charge in [-0.3, -0.25) is 0 Å². The Kier molecular flexibility index (Phi) is 4.10. The van der Waals surface area contributed by atoms with Crippen LogP contribution < -0.4 is 4.74 Å². The van der Waals surface area contributed by atoms with E-state index in [1.54, 1.807) is 7.11 Å². The van der Waals surface area contributed by atoms with Crippen LogP contribution in [-0.2, 0) is 6.42 Å². The monoisotopic (exact) mass is 260 g/mol. The highest BCUT2D eigenvalue weighted by Gasteiger charge is 2.02. The molecular formula is C14H16N2OS. The molecule has 4 heteroatoms. The van der Waals surface area contributed by atoms with Crippen LogP contribution >= 0.6 is 12.2 Å². The SMILES string of the molecule is CCCc1cc(=S)nc(-c2ccc(OC)cc2)[nH]1. The minimum atomic E-state index is 0.628. The molecular weight excluding hydrogens is 244 g/mol. The molecule has 0 fully saturated rings. The third kappa shape index (κ3) is 2.96. The Balaban J connectivity index is 2.39. The van der Waals surface area contributed by atoms with Crippen LogP contribution in [0.15, 0.2) is 30.3 Å². The highest BCUT2D eigenvalue weighted by molar-refractivity contribution is 7.71. The van der Waals surface area contributed by atoms with Gasteiger partial charge in [-0.25, -0.2) is 4.98 Å². The predicted octanol–water partition coefficient (Wildman–Crippen LogP) is 3.77. The summed E-state index contributed by atoms with van der Waals surface area (Å²) in [5.41, 5.74) is 2.14. The van der Waals surface area contributed by atoms with Crippen LogP contribution in [0.3, 0.4) is 0 Å². The fourth-order valence-corrected chi connectivity index (χ4v) is 2.03. The minimum Gasteiger partial charge on any atom is -0.497 e. The van der Waals surface area contributed by atoms with Gasteiger partial charge in [0.05, 0.1) is 7.11 Å². The van der Waals surface area contributed by atoms with Crippen molar-refractivity contribution in [2.75, 3.05) is 7.11 Å². The molecule has 3 nitrogen and oxygen atoms in total. The molecule has 94 valence electrons. The summed E-state index contributed by atoms with van der Waals surface area (Å²) in [7, 11) is 1.66. The summed E-state index contributed by atoms with van der Waals surface area (Å²) >= 11 is 5.19. The van der Waals surface area contributed by atoms with Gasteiger partial charge >= 0.3 is 0 Å². The van der Waals surface area contributed by atoms with Gasteiger partial charge in [-0.2, -0.15) is 0 Å². The maximum absolute atomic E-state index is 5.19. The van der Waals surface area contributed by atoms with E-state index in [4.69, 9.17) is 17.0 Å². The van der Waals surface area contributed by atoms with Gasteiger partial charge in [-0.1, -0.05) is 25.6 Å². The lowest BCUT2D eigenvalue weighted by Crippen LogP contribution is -1.96. The zero-order valence-corrected chi connectivity index (χ0v) is 11.4. The van der Waals surface area contributed by atoms with Gasteiger partial charge in [0.2, 0.25) is 0 Å². The van der Waals surface area contributed by atoms with Crippen LogP contribution in [0.25, 0.3) is 11.4 Å². The van der Waals surface area contributed by atoms with Crippen molar-refractivity contribution in [2.45, 2.75) is 19.8 Å². The smallest absolute Gasteiger partial charge is 0.139 e. The van der Waals surface area contributed by atoms with Crippen LogP contribution in [0, 0.1) is 4.64 Å². The summed E-state index contributed by atoms with van der Waals surface area (Å²) in [6.07, 6.45) is 2.06. The van der Waals surface area contributed by atoms with E-state index in [9.17, 15) is 0 Å². The van der Waals surface area contributed by atoms with Crippen molar-refractivity contribution in [1.82, 2.24) is 9.97 Å². The molecule has 0 aliphatic carbocycles. The first-order valence-corrected chi connectivity index (χ1v) is 6.38. The van der Waals surface area contributed by atoms with E-state index < -0.39 is 0 Å². The van der Waals surface area contributed by atoms with E-state index in [0.29, 0.717) is 4.64 Å². The predicted molar refractivity (Wildman–Crippen MR) is 75.4 cm³/mol. The number of methoxy groups -OCH3 is 1. The number of rotatable bonds is 4. The zero-order chi connectivity index (χ0) is 13.0. The molecule has 1 aromatic carbocycles. The summed E-state index contributed by atoms with van der Waals surface area (Å²) < 4.78 is 5.77. The second-order valence-electron chi connectivity index (χ2n) is 4.07. The summed E-state index contributed by atoms with van der Waals surface area (Å²) in [5, 5.41) is 0. The van der Waals surface area contributed by atoms with Crippen LogP contribution in [0.4, 0.5) is 0 Å². The molecule has 0 atom stereocenters. The molecule has 0 aliphatic rings. The quantitative estimate of drug-likeness (QED) is 0.850. The first kappa shape index (κ1) is 12.8. The first-order chi connectivity index (χ1) is 8.72.